The summed E-state index contributed by atoms with van der Waals surface area (Å²) in [6, 6.07) is 4.40. The van der Waals surface area contributed by atoms with E-state index in [1.165, 1.54) is 37.4 Å². The highest BCUT2D eigenvalue weighted by molar-refractivity contribution is 7.09. The lowest BCUT2D eigenvalue weighted by Gasteiger charge is -2.31. The van der Waals surface area contributed by atoms with Gasteiger partial charge < -0.3 is 5.32 Å². The Balaban J connectivity index is 0.00000144. The van der Waals surface area contributed by atoms with Crippen LogP contribution in [0.4, 0.5) is 0 Å². The SMILES string of the molecule is CCNCC1CCN(Cc2cccs2)CC1.Cl. The zero-order valence-electron chi connectivity index (χ0n) is 10.5. The third-order valence-corrected chi connectivity index (χ3v) is 4.21. The van der Waals surface area contributed by atoms with Crippen molar-refractivity contribution in [3.8, 4) is 0 Å². The van der Waals surface area contributed by atoms with Crippen LogP contribution in [0.2, 0.25) is 0 Å². The first-order chi connectivity index (χ1) is 7.88. The van der Waals surface area contributed by atoms with E-state index in [1.807, 2.05) is 11.3 Å². The molecule has 1 fully saturated rings. The van der Waals surface area contributed by atoms with Crippen molar-refractivity contribution in [2.24, 2.45) is 5.92 Å². The first-order valence-electron chi connectivity index (χ1n) is 6.34. The topological polar surface area (TPSA) is 15.3 Å². The maximum Gasteiger partial charge on any atom is 0.0327 e. The molecule has 1 aromatic heterocycles. The van der Waals surface area contributed by atoms with E-state index in [0.29, 0.717) is 0 Å². The van der Waals surface area contributed by atoms with E-state index in [2.05, 4.69) is 34.7 Å². The van der Waals surface area contributed by atoms with E-state index in [-0.39, 0.29) is 12.4 Å². The van der Waals surface area contributed by atoms with Gasteiger partial charge in [-0.2, -0.15) is 0 Å². The summed E-state index contributed by atoms with van der Waals surface area (Å²) in [5, 5.41) is 5.64. The highest BCUT2D eigenvalue weighted by Gasteiger charge is 2.18. The maximum atomic E-state index is 3.46. The van der Waals surface area contributed by atoms with Crippen LogP contribution in [0, 0.1) is 5.92 Å². The van der Waals surface area contributed by atoms with Crippen molar-refractivity contribution in [2.45, 2.75) is 26.3 Å². The Hall–Kier alpha value is -0.0900. The van der Waals surface area contributed by atoms with Crippen molar-refractivity contribution in [3.63, 3.8) is 0 Å². The van der Waals surface area contributed by atoms with Gasteiger partial charge in [-0.15, -0.1) is 23.7 Å². The number of rotatable bonds is 5. The molecule has 0 saturated carbocycles. The molecule has 1 saturated heterocycles. The van der Waals surface area contributed by atoms with Gasteiger partial charge in [0, 0.05) is 11.4 Å². The number of nitrogens with zero attached hydrogens (tertiary/aromatic N) is 1. The van der Waals surface area contributed by atoms with Crippen LogP contribution in [0.15, 0.2) is 17.5 Å². The Morgan fingerprint density at radius 1 is 1.41 bits per heavy atom. The van der Waals surface area contributed by atoms with Crippen LogP contribution < -0.4 is 5.32 Å². The van der Waals surface area contributed by atoms with E-state index < -0.39 is 0 Å². The van der Waals surface area contributed by atoms with E-state index in [1.54, 1.807) is 0 Å². The highest BCUT2D eigenvalue weighted by Crippen LogP contribution is 2.19. The highest BCUT2D eigenvalue weighted by atomic mass is 35.5. The van der Waals surface area contributed by atoms with Gasteiger partial charge in [0.1, 0.15) is 0 Å². The number of hydrogen-bond donors (Lipinski definition) is 1. The zero-order valence-corrected chi connectivity index (χ0v) is 12.2. The fourth-order valence-electron chi connectivity index (χ4n) is 2.32. The fraction of sp³-hybridized carbons (Fsp3) is 0.692. The minimum atomic E-state index is 0. The third kappa shape index (κ3) is 4.96. The quantitative estimate of drug-likeness (QED) is 0.888. The predicted octanol–water partition coefficient (Wildman–Crippen LogP) is 2.99. The molecule has 0 spiro atoms. The van der Waals surface area contributed by atoms with Gasteiger partial charge in [0.05, 0.1) is 0 Å². The Morgan fingerprint density at radius 2 is 2.18 bits per heavy atom. The molecule has 2 rings (SSSR count). The van der Waals surface area contributed by atoms with E-state index >= 15 is 0 Å². The van der Waals surface area contributed by atoms with E-state index in [0.717, 1.165) is 19.0 Å². The van der Waals surface area contributed by atoms with Gasteiger partial charge in [-0.05, 0) is 56.4 Å². The Kier molecular flexibility index (Phi) is 7.12. The Labute approximate surface area is 115 Å². The summed E-state index contributed by atoms with van der Waals surface area (Å²) in [5.41, 5.74) is 0. The van der Waals surface area contributed by atoms with Gasteiger partial charge in [0.25, 0.3) is 0 Å². The molecule has 2 heterocycles. The van der Waals surface area contributed by atoms with Crippen molar-refractivity contribution in [1.29, 1.82) is 0 Å². The first-order valence-corrected chi connectivity index (χ1v) is 7.22. The molecular weight excluding hydrogens is 252 g/mol. The van der Waals surface area contributed by atoms with Crippen LogP contribution in [0.3, 0.4) is 0 Å². The average Bonchev–Trinajstić information content (AvgIpc) is 2.81. The lowest BCUT2D eigenvalue weighted by molar-refractivity contribution is 0.177. The normalized spacial score (nSPS) is 17.9. The summed E-state index contributed by atoms with van der Waals surface area (Å²) in [6.45, 7) is 8.21. The second-order valence-electron chi connectivity index (χ2n) is 4.61. The molecule has 1 aliphatic heterocycles. The summed E-state index contributed by atoms with van der Waals surface area (Å²) >= 11 is 1.88. The molecule has 17 heavy (non-hydrogen) atoms. The molecule has 0 atom stereocenters. The first kappa shape index (κ1) is 15.0. The minimum Gasteiger partial charge on any atom is -0.317 e. The van der Waals surface area contributed by atoms with Crippen molar-refractivity contribution in [1.82, 2.24) is 10.2 Å². The molecule has 2 nitrogen and oxygen atoms in total. The monoisotopic (exact) mass is 274 g/mol. The van der Waals surface area contributed by atoms with Crippen molar-refractivity contribution < 1.29 is 0 Å². The van der Waals surface area contributed by atoms with E-state index in [9.17, 15) is 0 Å². The van der Waals surface area contributed by atoms with Gasteiger partial charge in [0.2, 0.25) is 0 Å². The standard InChI is InChI=1S/C13H22N2S.ClH/c1-2-14-10-12-5-7-15(8-6-12)11-13-4-3-9-16-13;/h3-4,9,12,14H,2,5-8,10-11H2,1H3;1H. The molecule has 1 aromatic rings. The molecule has 0 aromatic carbocycles. The second-order valence-corrected chi connectivity index (χ2v) is 5.64. The van der Waals surface area contributed by atoms with Gasteiger partial charge in [0.15, 0.2) is 0 Å². The maximum absolute atomic E-state index is 3.46. The number of halogens is 1. The van der Waals surface area contributed by atoms with Crippen LogP contribution in [-0.2, 0) is 6.54 Å². The number of hydrogen-bond acceptors (Lipinski definition) is 3. The largest absolute Gasteiger partial charge is 0.317 e. The predicted molar refractivity (Wildman–Crippen MR) is 78.1 cm³/mol. The molecular formula is C13H23ClN2S. The summed E-state index contributed by atoms with van der Waals surface area (Å²) in [4.78, 5) is 4.10. The molecule has 0 unspecified atom stereocenters. The Morgan fingerprint density at radius 3 is 2.76 bits per heavy atom. The van der Waals surface area contributed by atoms with Crippen LogP contribution >= 0.6 is 23.7 Å². The van der Waals surface area contributed by atoms with Crippen LogP contribution in [-0.4, -0.2) is 31.1 Å². The molecule has 0 radical (unpaired) electrons. The van der Waals surface area contributed by atoms with Gasteiger partial charge in [-0.25, -0.2) is 0 Å². The summed E-state index contributed by atoms with van der Waals surface area (Å²) in [6.07, 6.45) is 2.72. The molecule has 0 bridgehead atoms. The van der Waals surface area contributed by atoms with Crippen molar-refractivity contribution in [3.05, 3.63) is 22.4 Å². The minimum absolute atomic E-state index is 0. The summed E-state index contributed by atoms with van der Waals surface area (Å²) < 4.78 is 0. The number of nitrogens with one attached hydrogen (secondary N) is 1. The lowest BCUT2D eigenvalue weighted by Crippen LogP contribution is -2.36. The third-order valence-electron chi connectivity index (χ3n) is 3.35. The van der Waals surface area contributed by atoms with E-state index in [4.69, 9.17) is 0 Å². The summed E-state index contributed by atoms with van der Waals surface area (Å²) in [7, 11) is 0. The second kappa shape index (κ2) is 8.09. The van der Waals surface area contributed by atoms with Gasteiger partial charge >= 0.3 is 0 Å². The molecule has 98 valence electrons. The molecule has 1 aliphatic rings. The average molecular weight is 275 g/mol. The van der Waals surface area contributed by atoms with Gasteiger partial charge in [-0.1, -0.05) is 13.0 Å². The van der Waals surface area contributed by atoms with Crippen LogP contribution in [0.1, 0.15) is 24.6 Å². The number of thiophene rings is 1. The van der Waals surface area contributed by atoms with Gasteiger partial charge in [-0.3, -0.25) is 4.90 Å². The van der Waals surface area contributed by atoms with Crippen molar-refractivity contribution >= 4 is 23.7 Å². The van der Waals surface area contributed by atoms with Crippen molar-refractivity contribution in [2.75, 3.05) is 26.2 Å². The smallest absolute Gasteiger partial charge is 0.0327 e. The molecule has 0 aliphatic carbocycles. The molecule has 0 amide bonds. The fourth-order valence-corrected chi connectivity index (χ4v) is 3.07. The number of piperidine rings is 1. The van der Waals surface area contributed by atoms with Crippen LogP contribution in [0.25, 0.3) is 0 Å². The lowest BCUT2D eigenvalue weighted by atomic mass is 9.97. The molecule has 4 heteroatoms. The summed E-state index contributed by atoms with van der Waals surface area (Å²) in [5.74, 6) is 0.902. The molecule has 1 N–H and O–H groups in total. The Bertz CT molecular complexity index is 282. The zero-order chi connectivity index (χ0) is 11.2. The number of likely N-dealkylation sites (tertiary alicyclic amines) is 1. The van der Waals surface area contributed by atoms with Crippen LogP contribution in [0.5, 0.6) is 0 Å².